The van der Waals surface area contributed by atoms with E-state index in [1.807, 2.05) is 0 Å². The van der Waals surface area contributed by atoms with Gasteiger partial charge in [-0.25, -0.2) is 0 Å². The van der Waals surface area contributed by atoms with Crippen LogP contribution in [0, 0.1) is 5.92 Å². The lowest BCUT2D eigenvalue weighted by Crippen LogP contribution is -2.39. The van der Waals surface area contributed by atoms with Crippen molar-refractivity contribution in [2.75, 3.05) is 7.11 Å². The maximum Gasteiger partial charge on any atom is 0.157 e. The molecule has 0 aromatic rings. The van der Waals surface area contributed by atoms with Gasteiger partial charge in [0.15, 0.2) is 6.29 Å². The molecule has 0 N–H and O–H groups in total. The molecule has 0 bridgehead atoms. The number of hydrogen-bond acceptors (Lipinski definition) is 2. The van der Waals surface area contributed by atoms with Crippen molar-refractivity contribution < 1.29 is 9.47 Å². The molecule has 0 aromatic carbocycles. The second-order valence-corrected chi connectivity index (χ2v) is 4.60. The van der Waals surface area contributed by atoms with E-state index in [9.17, 15) is 0 Å². The highest BCUT2D eigenvalue weighted by atomic mass is 127. The van der Waals surface area contributed by atoms with E-state index in [0.717, 1.165) is 6.42 Å². The molecule has 0 aliphatic carbocycles. The van der Waals surface area contributed by atoms with Gasteiger partial charge in [0.25, 0.3) is 0 Å². The standard InChI is InChI=1S/C8H15IO2/c1-5-4-7(10-3)11-6(2)8(5)9/h5-8H,4H2,1-3H3. The summed E-state index contributed by atoms with van der Waals surface area (Å²) in [4.78, 5) is 0. The van der Waals surface area contributed by atoms with Gasteiger partial charge in [-0.1, -0.05) is 29.5 Å². The third-order valence-electron chi connectivity index (χ3n) is 2.19. The van der Waals surface area contributed by atoms with Crippen molar-refractivity contribution >= 4 is 22.6 Å². The number of hydrogen-bond donors (Lipinski definition) is 0. The Hall–Kier alpha value is 0.650. The first-order chi connectivity index (χ1) is 5.15. The van der Waals surface area contributed by atoms with Gasteiger partial charge in [0.2, 0.25) is 0 Å². The molecule has 0 saturated carbocycles. The molecule has 1 aliphatic heterocycles. The second-order valence-electron chi connectivity index (χ2n) is 3.16. The summed E-state index contributed by atoms with van der Waals surface area (Å²) in [6.45, 7) is 4.36. The van der Waals surface area contributed by atoms with Crippen molar-refractivity contribution in [3.63, 3.8) is 0 Å². The number of alkyl halides is 1. The summed E-state index contributed by atoms with van der Waals surface area (Å²) in [5.74, 6) is 0.698. The third-order valence-corrected chi connectivity index (χ3v) is 4.43. The molecule has 4 unspecified atom stereocenters. The molecular formula is C8H15IO2. The molecule has 1 saturated heterocycles. The summed E-state index contributed by atoms with van der Waals surface area (Å²) in [6.07, 6.45) is 1.37. The van der Waals surface area contributed by atoms with Gasteiger partial charge in [-0.2, -0.15) is 0 Å². The lowest BCUT2D eigenvalue weighted by atomic mass is 9.97. The van der Waals surface area contributed by atoms with Crippen molar-refractivity contribution in [1.29, 1.82) is 0 Å². The van der Waals surface area contributed by atoms with Crippen LogP contribution in [0.5, 0.6) is 0 Å². The molecule has 1 heterocycles. The summed E-state index contributed by atoms with van der Waals surface area (Å²) in [6, 6.07) is 0. The Balaban J connectivity index is 2.47. The monoisotopic (exact) mass is 270 g/mol. The molecule has 0 amide bonds. The molecule has 1 fully saturated rings. The molecule has 2 nitrogen and oxygen atoms in total. The fourth-order valence-electron chi connectivity index (χ4n) is 1.42. The summed E-state index contributed by atoms with van der Waals surface area (Å²) in [7, 11) is 1.71. The largest absolute Gasteiger partial charge is 0.356 e. The van der Waals surface area contributed by atoms with Crippen LogP contribution < -0.4 is 0 Å². The van der Waals surface area contributed by atoms with E-state index in [-0.39, 0.29) is 6.29 Å². The lowest BCUT2D eigenvalue weighted by molar-refractivity contribution is -0.181. The van der Waals surface area contributed by atoms with Gasteiger partial charge in [-0.3, -0.25) is 0 Å². The zero-order chi connectivity index (χ0) is 8.43. The zero-order valence-corrected chi connectivity index (χ0v) is 9.37. The Bertz CT molecular complexity index is 117. The van der Waals surface area contributed by atoms with Crippen molar-refractivity contribution in [3.8, 4) is 0 Å². The Labute approximate surface area is 81.8 Å². The molecule has 0 spiro atoms. The van der Waals surface area contributed by atoms with Gasteiger partial charge in [0, 0.05) is 17.5 Å². The molecule has 11 heavy (non-hydrogen) atoms. The number of ether oxygens (including phenoxy) is 2. The quantitative estimate of drug-likeness (QED) is 0.537. The Morgan fingerprint density at radius 1 is 1.45 bits per heavy atom. The van der Waals surface area contributed by atoms with Crippen LogP contribution >= 0.6 is 22.6 Å². The van der Waals surface area contributed by atoms with Gasteiger partial charge in [-0.05, 0) is 12.8 Å². The highest BCUT2D eigenvalue weighted by Gasteiger charge is 2.31. The second kappa shape index (κ2) is 4.05. The van der Waals surface area contributed by atoms with Crippen molar-refractivity contribution in [2.45, 2.75) is 36.6 Å². The minimum atomic E-state index is 0.0195. The number of methoxy groups -OCH3 is 1. The minimum Gasteiger partial charge on any atom is -0.356 e. The van der Waals surface area contributed by atoms with E-state index in [1.54, 1.807) is 7.11 Å². The molecule has 0 radical (unpaired) electrons. The van der Waals surface area contributed by atoms with Gasteiger partial charge in [0.1, 0.15) is 0 Å². The maximum absolute atomic E-state index is 5.59. The average Bonchev–Trinajstić information content (AvgIpc) is 1.99. The molecule has 66 valence electrons. The summed E-state index contributed by atoms with van der Waals surface area (Å²) < 4.78 is 11.4. The van der Waals surface area contributed by atoms with Crippen LogP contribution in [0.1, 0.15) is 20.3 Å². The van der Waals surface area contributed by atoms with Crippen molar-refractivity contribution in [2.24, 2.45) is 5.92 Å². The Morgan fingerprint density at radius 3 is 2.55 bits per heavy atom. The molecule has 4 atom stereocenters. The van der Waals surface area contributed by atoms with Crippen molar-refractivity contribution in [3.05, 3.63) is 0 Å². The molecule has 1 rings (SSSR count). The van der Waals surface area contributed by atoms with Gasteiger partial charge in [0.05, 0.1) is 6.10 Å². The highest BCUT2D eigenvalue weighted by Crippen LogP contribution is 2.30. The van der Waals surface area contributed by atoms with Crippen LogP contribution in [0.25, 0.3) is 0 Å². The topological polar surface area (TPSA) is 18.5 Å². The molecule has 3 heteroatoms. The SMILES string of the molecule is COC1CC(C)C(I)C(C)O1. The summed E-state index contributed by atoms with van der Waals surface area (Å²) in [5.41, 5.74) is 0. The maximum atomic E-state index is 5.59. The van der Waals surface area contributed by atoms with E-state index in [0.29, 0.717) is 15.9 Å². The minimum absolute atomic E-state index is 0.0195. The first kappa shape index (κ1) is 9.74. The smallest absolute Gasteiger partial charge is 0.157 e. The normalized spacial score (nSPS) is 45.8. The van der Waals surface area contributed by atoms with E-state index in [2.05, 4.69) is 36.4 Å². The highest BCUT2D eigenvalue weighted by molar-refractivity contribution is 14.1. The first-order valence-corrected chi connectivity index (χ1v) is 5.22. The van der Waals surface area contributed by atoms with Crippen LogP contribution in [-0.2, 0) is 9.47 Å². The van der Waals surface area contributed by atoms with Gasteiger partial charge >= 0.3 is 0 Å². The summed E-state index contributed by atoms with van der Waals surface area (Å²) >= 11 is 2.45. The third kappa shape index (κ3) is 2.29. The predicted molar refractivity (Wildman–Crippen MR) is 52.9 cm³/mol. The molecule has 0 aromatic heterocycles. The number of halogens is 1. The predicted octanol–water partition coefficient (Wildman–Crippen LogP) is 2.21. The van der Waals surface area contributed by atoms with Gasteiger partial charge in [-0.15, -0.1) is 0 Å². The Morgan fingerprint density at radius 2 is 2.09 bits per heavy atom. The van der Waals surface area contributed by atoms with E-state index in [4.69, 9.17) is 9.47 Å². The fraction of sp³-hybridized carbons (Fsp3) is 1.00. The Kier molecular flexibility index (Phi) is 3.58. The first-order valence-electron chi connectivity index (χ1n) is 3.97. The van der Waals surface area contributed by atoms with Crippen LogP contribution in [0.2, 0.25) is 0 Å². The van der Waals surface area contributed by atoms with E-state index < -0.39 is 0 Å². The van der Waals surface area contributed by atoms with E-state index in [1.165, 1.54) is 0 Å². The molecule has 1 aliphatic rings. The van der Waals surface area contributed by atoms with Crippen LogP contribution in [0.3, 0.4) is 0 Å². The summed E-state index contributed by atoms with van der Waals surface area (Å²) in [5, 5.41) is 0. The van der Waals surface area contributed by atoms with E-state index >= 15 is 0 Å². The lowest BCUT2D eigenvalue weighted by Gasteiger charge is -2.35. The average molecular weight is 270 g/mol. The van der Waals surface area contributed by atoms with Gasteiger partial charge < -0.3 is 9.47 Å². The zero-order valence-electron chi connectivity index (χ0n) is 7.21. The van der Waals surface area contributed by atoms with Crippen LogP contribution in [0.4, 0.5) is 0 Å². The van der Waals surface area contributed by atoms with Crippen LogP contribution in [0.15, 0.2) is 0 Å². The molecular weight excluding hydrogens is 255 g/mol. The van der Waals surface area contributed by atoms with Crippen LogP contribution in [-0.4, -0.2) is 23.4 Å². The fourth-order valence-corrected chi connectivity index (χ4v) is 1.88. The number of rotatable bonds is 1. The van der Waals surface area contributed by atoms with Crippen molar-refractivity contribution in [1.82, 2.24) is 0 Å².